The van der Waals surface area contributed by atoms with E-state index in [1.807, 2.05) is 66.7 Å². The van der Waals surface area contributed by atoms with Crippen molar-refractivity contribution < 1.29 is 24.0 Å². The van der Waals surface area contributed by atoms with E-state index in [0.29, 0.717) is 22.0 Å². The fourth-order valence-electron chi connectivity index (χ4n) is 4.00. The molecule has 3 aromatic carbocycles. The molecule has 0 amide bonds. The van der Waals surface area contributed by atoms with Crippen LogP contribution in [0.5, 0.6) is 0 Å². The zero-order chi connectivity index (χ0) is 25.8. The molecule has 2 unspecified atom stereocenters. The van der Waals surface area contributed by atoms with E-state index >= 15 is 0 Å². The zero-order valence-electron chi connectivity index (χ0n) is 20.2. The van der Waals surface area contributed by atoms with Crippen molar-refractivity contribution in [3.05, 3.63) is 100 Å². The molecule has 0 fully saturated rings. The third kappa shape index (κ3) is 5.50. The molecular formula is C29H26ClNO5. The molecule has 1 heterocycles. The molecule has 2 atom stereocenters. The van der Waals surface area contributed by atoms with Crippen LogP contribution in [0.25, 0.3) is 22.5 Å². The van der Waals surface area contributed by atoms with E-state index in [0.717, 1.165) is 27.8 Å². The van der Waals surface area contributed by atoms with Gasteiger partial charge in [0, 0.05) is 21.7 Å². The lowest BCUT2D eigenvalue weighted by Gasteiger charge is -2.15. The number of carboxylic acids is 1. The standard InChI is InChI=1S/C29H26ClNO5/c1-17(29(33)34)20-8-10-21(11-9-20)22-12-14-23(15-13-22)28-25(18(2)31-36-28)16-27(32)35-19(3)24-6-4-5-7-26(24)30/h4-15,17,19H,16H2,1-3H3,(H,33,34). The number of halogens is 1. The topological polar surface area (TPSA) is 89.6 Å². The zero-order valence-corrected chi connectivity index (χ0v) is 21.0. The Morgan fingerprint density at radius 1 is 0.944 bits per heavy atom. The average Bonchev–Trinajstić information content (AvgIpc) is 3.23. The maximum Gasteiger partial charge on any atom is 0.311 e. The molecule has 0 aliphatic carbocycles. The number of nitrogens with zero attached hydrogens (tertiary/aromatic N) is 1. The molecule has 0 saturated carbocycles. The third-order valence-electron chi connectivity index (χ3n) is 6.22. The largest absolute Gasteiger partial charge is 0.481 e. The number of aromatic nitrogens is 1. The van der Waals surface area contributed by atoms with Gasteiger partial charge in [-0.3, -0.25) is 9.59 Å². The fourth-order valence-corrected chi connectivity index (χ4v) is 4.29. The lowest BCUT2D eigenvalue weighted by atomic mass is 9.96. The second kappa shape index (κ2) is 10.8. The normalized spacial score (nSPS) is 12.7. The van der Waals surface area contributed by atoms with Crippen molar-refractivity contribution >= 4 is 23.5 Å². The second-order valence-corrected chi connectivity index (χ2v) is 9.07. The first-order chi connectivity index (χ1) is 17.2. The van der Waals surface area contributed by atoms with Gasteiger partial charge in [0.2, 0.25) is 0 Å². The summed E-state index contributed by atoms with van der Waals surface area (Å²) in [7, 11) is 0. The molecule has 0 bridgehead atoms. The quantitative estimate of drug-likeness (QED) is 0.260. The van der Waals surface area contributed by atoms with Crippen molar-refractivity contribution in [3.8, 4) is 22.5 Å². The molecule has 0 aliphatic rings. The van der Waals surface area contributed by atoms with Crippen LogP contribution in [-0.4, -0.2) is 22.2 Å². The average molecular weight is 504 g/mol. The Kier molecular flexibility index (Phi) is 7.55. The Balaban J connectivity index is 1.49. The number of hydrogen-bond donors (Lipinski definition) is 1. The summed E-state index contributed by atoms with van der Waals surface area (Å²) in [6.07, 6.45) is -0.469. The number of benzene rings is 3. The molecule has 0 radical (unpaired) electrons. The minimum atomic E-state index is -0.854. The van der Waals surface area contributed by atoms with Crippen LogP contribution in [0.1, 0.15) is 48.3 Å². The Morgan fingerprint density at radius 3 is 2.14 bits per heavy atom. The molecular weight excluding hydrogens is 478 g/mol. The van der Waals surface area contributed by atoms with Crippen molar-refractivity contribution in [1.82, 2.24) is 5.16 Å². The molecule has 4 aromatic rings. The van der Waals surface area contributed by atoms with Gasteiger partial charge in [0.15, 0.2) is 5.76 Å². The molecule has 7 heteroatoms. The van der Waals surface area contributed by atoms with Gasteiger partial charge in [-0.05, 0) is 43.5 Å². The molecule has 1 aromatic heterocycles. The van der Waals surface area contributed by atoms with Crippen molar-refractivity contribution in [2.45, 2.75) is 39.2 Å². The highest BCUT2D eigenvalue weighted by atomic mass is 35.5. The Bertz CT molecular complexity index is 1380. The Hall–Kier alpha value is -3.90. The fraction of sp³-hybridized carbons (Fsp3) is 0.207. The number of carbonyl (C=O) groups excluding carboxylic acids is 1. The van der Waals surface area contributed by atoms with Gasteiger partial charge in [0.25, 0.3) is 0 Å². The predicted molar refractivity (Wildman–Crippen MR) is 138 cm³/mol. The SMILES string of the molecule is Cc1noc(-c2ccc(-c3ccc(C(C)C(=O)O)cc3)cc2)c1CC(=O)OC(C)c1ccccc1Cl. The maximum atomic E-state index is 12.7. The van der Waals surface area contributed by atoms with E-state index in [1.165, 1.54) is 0 Å². The first kappa shape index (κ1) is 25.2. The summed E-state index contributed by atoms with van der Waals surface area (Å²) >= 11 is 6.23. The Morgan fingerprint density at radius 2 is 1.53 bits per heavy atom. The van der Waals surface area contributed by atoms with E-state index in [-0.39, 0.29) is 6.42 Å². The van der Waals surface area contributed by atoms with Crippen LogP contribution in [0.4, 0.5) is 0 Å². The smallest absolute Gasteiger partial charge is 0.311 e. The minimum absolute atomic E-state index is 0.0183. The van der Waals surface area contributed by atoms with E-state index in [1.54, 1.807) is 26.8 Å². The van der Waals surface area contributed by atoms with Crippen LogP contribution < -0.4 is 0 Å². The first-order valence-corrected chi connectivity index (χ1v) is 11.9. The van der Waals surface area contributed by atoms with Gasteiger partial charge in [-0.15, -0.1) is 0 Å². The molecule has 0 aliphatic heterocycles. The van der Waals surface area contributed by atoms with Gasteiger partial charge in [-0.25, -0.2) is 0 Å². The summed E-state index contributed by atoms with van der Waals surface area (Å²) < 4.78 is 11.2. The molecule has 0 spiro atoms. The van der Waals surface area contributed by atoms with Crippen LogP contribution in [0.3, 0.4) is 0 Å². The highest BCUT2D eigenvalue weighted by Crippen LogP contribution is 2.31. The summed E-state index contributed by atoms with van der Waals surface area (Å²) in [4.78, 5) is 23.9. The number of aliphatic carboxylic acids is 1. The van der Waals surface area contributed by atoms with Crippen LogP contribution >= 0.6 is 11.6 Å². The van der Waals surface area contributed by atoms with Crippen molar-refractivity contribution in [1.29, 1.82) is 0 Å². The van der Waals surface area contributed by atoms with Crippen molar-refractivity contribution in [2.75, 3.05) is 0 Å². The number of hydrogen-bond acceptors (Lipinski definition) is 5. The monoisotopic (exact) mass is 503 g/mol. The number of ether oxygens (including phenoxy) is 1. The highest BCUT2D eigenvalue weighted by Gasteiger charge is 2.21. The second-order valence-electron chi connectivity index (χ2n) is 8.67. The van der Waals surface area contributed by atoms with E-state index in [2.05, 4.69) is 5.16 Å². The number of rotatable bonds is 8. The van der Waals surface area contributed by atoms with Crippen molar-refractivity contribution in [3.63, 3.8) is 0 Å². The van der Waals surface area contributed by atoms with Crippen molar-refractivity contribution in [2.24, 2.45) is 0 Å². The number of carboxylic acid groups (broad SMARTS) is 1. The van der Waals surface area contributed by atoms with E-state index < -0.39 is 24.0 Å². The summed E-state index contributed by atoms with van der Waals surface area (Å²) in [5.41, 5.74) is 5.52. The first-order valence-electron chi connectivity index (χ1n) is 11.6. The highest BCUT2D eigenvalue weighted by molar-refractivity contribution is 6.31. The number of aryl methyl sites for hydroxylation is 1. The van der Waals surface area contributed by atoms with E-state index in [9.17, 15) is 14.7 Å². The minimum Gasteiger partial charge on any atom is -0.481 e. The number of carbonyl (C=O) groups is 2. The predicted octanol–water partition coefficient (Wildman–Crippen LogP) is 7.01. The van der Waals surface area contributed by atoms with Gasteiger partial charge in [0.1, 0.15) is 6.10 Å². The lowest BCUT2D eigenvalue weighted by Crippen LogP contribution is -2.12. The third-order valence-corrected chi connectivity index (χ3v) is 6.56. The van der Waals surface area contributed by atoms with Gasteiger partial charge in [-0.2, -0.15) is 0 Å². The molecule has 4 rings (SSSR count). The summed E-state index contributed by atoms with van der Waals surface area (Å²) in [6.45, 7) is 5.24. The molecule has 36 heavy (non-hydrogen) atoms. The van der Waals surface area contributed by atoms with Gasteiger partial charge in [0.05, 0.1) is 18.0 Å². The maximum absolute atomic E-state index is 12.7. The lowest BCUT2D eigenvalue weighted by molar-refractivity contribution is -0.147. The van der Waals surface area contributed by atoms with Crippen LogP contribution in [0.15, 0.2) is 77.3 Å². The van der Waals surface area contributed by atoms with Gasteiger partial charge < -0.3 is 14.4 Å². The summed E-state index contributed by atoms with van der Waals surface area (Å²) in [5.74, 6) is -1.30. The van der Waals surface area contributed by atoms with E-state index in [4.69, 9.17) is 20.9 Å². The van der Waals surface area contributed by atoms with Gasteiger partial charge >= 0.3 is 11.9 Å². The summed E-state index contributed by atoms with van der Waals surface area (Å²) in [5, 5.41) is 13.8. The molecule has 6 nitrogen and oxygen atoms in total. The van der Waals surface area contributed by atoms with Crippen LogP contribution in [-0.2, 0) is 20.7 Å². The molecule has 1 N–H and O–H groups in total. The molecule has 0 saturated heterocycles. The molecule has 184 valence electrons. The Labute approximate surface area is 214 Å². The number of esters is 1. The van der Waals surface area contributed by atoms with Crippen LogP contribution in [0, 0.1) is 6.92 Å². The summed E-state index contributed by atoms with van der Waals surface area (Å²) in [6, 6.07) is 22.5. The van der Waals surface area contributed by atoms with Gasteiger partial charge in [-0.1, -0.05) is 83.5 Å². The van der Waals surface area contributed by atoms with Crippen LogP contribution in [0.2, 0.25) is 5.02 Å².